The lowest BCUT2D eigenvalue weighted by Gasteiger charge is -2.18. The third-order valence-corrected chi connectivity index (χ3v) is 7.92. The molecule has 0 aliphatic rings. The van der Waals surface area contributed by atoms with Crippen LogP contribution in [0.2, 0.25) is 0 Å². The Morgan fingerprint density at radius 2 is 1.05 bits per heavy atom. The molecular formula is C34H66N2O5. The monoisotopic (exact) mass is 582 g/mol. The summed E-state index contributed by atoms with van der Waals surface area (Å²) in [7, 11) is 0. The highest BCUT2D eigenvalue weighted by Crippen LogP contribution is 2.18. The number of aliphatic carboxylic acids is 1. The van der Waals surface area contributed by atoms with Gasteiger partial charge in [0.1, 0.15) is 12.1 Å². The van der Waals surface area contributed by atoms with Crippen molar-refractivity contribution in [3.8, 4) is 0 Å². The van der Waals surface area contributed by atoms with Crippen molar-refractivity contribution in [2.75, 3.05) is 6.54 Å². The van der Waals surface area contributed by atoms with Crippen LogP contribution in [0.15, 0.2) is 0 Å². The van der Waals surface area contributed by atoms with E-state index < -0.39 is 12.0 Å². The van der Waals surface area contributed by atoms with E-state index in [0.29, 0.717) is 32.2 Å². The SMILES string of the molecule is CCCCCCCCCCCCCC(=O)OC(CCCCCCC)CCCCCCC(=O)NC(CCCN)C(=O)O. The fraction of sp³-hybridized carbons (Fsp3) is 0.912. The molecule has 0 aromatic carbocycles. The maximum Gasteiger partial charge on any atom is 0.326 e. The van der Waals surface area contributed by atoms with Crippen LogP contribution < -0.4 is 11.1 Å². The number of ether oxygens (including phenoxy) is 1. The van der Waals surface area contributed by atoms with Crippen molar-refractivity contribution < 1.29 is 24.2 Å². The summed E-state index contributed by atoms with van der Waals surface area (Å²) in [6, 6.07) is -0.857. The number of nitrogens with one attached hydrogen (secondary N) is 1. The number of carboxylic acid groups (broad SMARTS) is 1. The number of nitrogens with two attached hydrogens (primary N) is 1. The van der Waals surface area contributed by atoms with Crippen molar-refractivity contribution in [3.05, 3.63) is 0 Å². The third kappa shape index (κ3) is 27.0. The number of carbonyl (C=O) groups excluding carboxylic acids is 2. The summed E-state index contributed by atoms with van der Waals surface area (Å²) >= 11 is 0. The van der Waals surface area contributed by atoms with Crippen LogP contribution in [0.25, 0.3) is 0 Å². The van der Waals surface area contributed by atoms with Gasteiger partial charge in [0.15, 0.2) is 0 Å². The highest BCUT2D eigenvalue weighted by atomic mass is 16.5. The first kappa shape index (κ1) is 39.4. The molecule has 4 N–H and O–H groups in total. The van der Waals surface area contributed by atoms with Gasteiger partial charge in [0.25, 0.3) is 0 Å². The molecule has 242 valence electrons. The molecule has 41 heavy (non-hydrogen) atoms. The van der Waals surface area contributed by atoms with Crippen LogP contribution >= 0.6 is 0 Å². The Kier molecular flexibility index (Phi) is 28.7. The first-order chi connectivity index (χ1) is 19.9. The number of unbranched alkanes of at least 4 members (excludes halogenated alkanes) is 17. The average Bonchev–Trinajstić information content (AvgIpc) is 2.95. The van der Waals surface area contributed by atoms with Gasteiger partial charge < -0.3 is 20.9 Å². The fourth-order valence-corrected chi connectivity index (χ4v) is 5.27. The van der Waals surface area contributed by atoms with E-state index in [9.17, 15) is 19.5 Å². The lowest BCUT2D eigenvalue weighted by atomic mass is 10.0. The fourth-order valence-electron chi connectivity index (χ4n) is 5.27. The lowest BCUT2D eigenvalue weighted by Crippen LogP contribution is -2.40. The van der Waals surface area contributed by atoms with E-state index in [1.165, 1.54) is 83.5 Å². The molecule has 0 radical (unpaired) electrons. The molecule has 2 atom stereocenters. The Labute approximate surface area is 252 Å². The zero-order valence-corrected chi connectivity index (χ0v) is 26.9. The van der Waals surface area contributed by atoms with Gasteiger partial charge in [-0.05, 0) is 57.9 Å². The summed E-state index contributed by atoms with van der Waals surface area (Å²) in [5.74, 6) is -1.26. The predicted octanol–water partition coefficient (Wildman–Crippen LogP) is 8.61. The minimum Gasteiger partial charge on any atom is -0.480 e. The summed E-state index contributed by atoms with van der Waals surface area (Å²) in [5, 5.41) is 11.9. The molecule has 0 aromatic heterocycles. The van der Waals surface area contributed by atoms with E-state index in [4.69, 9.17) is 10.5 Å². The lowest BCUT2D eigenvalue weighted by molar-refractivity contribution is -0.150. The number of carboxylic acids is 1. The standard InChI is InChI=1S/C34H66N2O5/c1-3-5-7-9-10-11-12-13-14-16-22-28-33(38)41-30(24-19-15-8-6-4-2)25-20-17-18-21-27-32(37)36-31(34(39)40)26-23-29-35/h30-31H,3-29,35H2,1-2H3,(H,36,37)(H,39,40). The predicted molar refractivity (Wildman–Crippen MR) is 170 cm³/mol. The van der Waals surface area contributed by atoms with Crippen molar-refractivity contribution in [1.82, 2.24) is 5.32 Å². The highest BCUT2D eigenvalue weighted by molar-refractivity contribution is 5.83. The van der Waals surface area contributed by atoms with Crippen molar-refractivity contribution in [1.29, 1.82) is 0 Å². The quantitative estimate of drug-likeness (QED) is 0.0556. The molecular weight excluding hydrogens is 516 g/mol. The Morgan fingerprint density at radius 3 is 1.51 bits per heavy atom. The van der Waals surface area contributed by atoms with Crippen LogP contribution in [-0.4, -0.2) is 41.6 Å². The topological polar surface area (TPSA) is 119 Å². The second-order valence-corrected chi connectivity index (χ2v) is 11.9. The van der Waals surface area contributed by atoms with E-state index in [-0.39, 0.29) is 18.0 Å². The number of hydrogen-bond donors (Lipinski definition) is 3. The molecule has 2 unspecified atom stereocenters. The van der Waals surface area contributed by atoms with Crippen LogP contribution in [-0.2, 0) is 19.1 Å². The molecule has 0 aliphatic heterocycles. The van der Waals surface area contributed by atoms with Gasteiger partial charge in [0, 0.05) is 12.8 Å². The molecule has 0 aromatic rings. The smallest absolute Gasteiger partial charge is 0.326 e. The van der Waals surface area contributed by atoms with Gasteiger partial charge >= 0.3 is 11.9 Å². The van der Waals surface area contributed by atoms with Gasteiger partial charge in [-0.1, -0.05) is 117 Å². The van der Waals surface area contributed by atoms with Crippen LogP contribution in [0.4, 0.5) is 0 Å². The molecule has 0 heterocycles. The van der Waals surface area contributed by atoms with Gasteiger partial charge in [-0.25, -0.2) is 4.79 Å². The normalized spacial score (nSPS) is 12.7. The summed E-state index contributed by atoms with van der Waals surface area (Å²) in [6.45, 7) is 4.89. The Balaban J connectivity index is 4.16. The molecule has 0 bridgehead atoms. The van der Waals surface area contributed by atoms with Crippen molar-refractivity contribution >= 4 is 17.8 Å². The van der Waals surface area contributed by atoms with Gasteiger partial charge in [0.05, 0.1) is 0 Å². The third-order valence-electron chi connectivity index (χ3n) is 7.92. The summed E-state index contributed by atoms with van der Waals surface area (Å²) in [4.78, 5) is 36.0. The van der Waals surface area contributed by atoms with Crippen molar-refractivity contribution in [3.63, 3.8) is 0 Å². The number of amides is 1. The summed E-state index contributed by atoms with van der Waals surface area (Å²) < 4.78 is 5.92. The van der Waals surface area contributed by atoms with Crippen LogP contribution in [0.3, 0.4) is 0 Å². The molecule has 0 rings (SSSR count). The number of rotatable bonds is 31. The average molecular weight is 583 g/mol. The molecule has 7 nitrogen and oxygen atoms in total. The molecule has 7 heteroatoms. The maximum absolute atomic E-state index is 12.5. The Hall–Kier alpha value is -1.63. The van der Waals surface area contributed by atoms with E-state index in [1.54, 1.807) is 0 Å². The van der Waals surface area contributed by atoms with Gasteiger partial charge in [0.2, 0.25) is 5.91 Å². The van der Waals surface area contributed by atoms with E-state index >= 15 is 0 Å². The first-order valence-electron chi connectivity index (χ1n) is 17.4. The summed E-state index contributed by atoms with van der Waals surface area (Å²) in [5.41, 5.74) is 5.45. The largest absolute Gasteiger partial charge is 0.480 e. The van der Waals surface area contributed by atoms with Gasteiger partial charge in [-0.15, -0.1) is 0 Å². The van der Waals surface area contributed by atoms with Crippen molar-refractivity contribution in [2.45, 2.75) is 193 Å². The van der Waals surface area contributed by atoms with Gasteiger partial charge in [-0.3, -0.25) is 9.59 Å². The van der Waals surface area contributed by atoms with Crippen LogP contribution in [0.1, 0.15) is 181 Å². The van der Waals surface area contributed by atoms with E-state index in [2.05, 4.69) is 19.2 Å². The van der Waals surface area contributed by atoms with Crippen LogP contribution in [0.5, 0.6) is 0 Å². The zero-order valence-electron chi connectivity index (χ0n) is 26.9. The molecule has 0 saturated carbocycles. The Morgan fingerprint density at radius 1 is 0.610 bits per heavy atom. The minimum atomic E-state index is -1.01. The second kappa shape index (κ2) is 29.8. The number of carbonyl (C=O) groups is 3. The number of hydrogen-bond acceptors (Lipinski definition) is 5. The minimum absolute atomic E-state index is 0.000923. The first-order valence-corrected chi connectivity index (χ1v) is 17.4. The molecule has 1 amide bonds. The molecule has 0 aliphatic carbocycles. The molecule has 0 saturated heterocycles. The van der Waals surface area contributed by atoms with E-state index in [1.807, 2.05) is 0 Å². The highest BCUT2D eigenvalue weighted by Gasteiger charge is 2.19. The zero-order chi connectivity index (χ0) is 30.4. The molecule has 0 fully saturated rings. The van der Waals surface area contributed by atoms with E-state index in [0.717, 1.165) is 57.8 Å². The van der Waals surface area contributed by atoms with Crippen molar-refractivity contribution in [2.24, 2.45) is 5.73 Å². The van der Waals surface area contributed by atoms with Gasteiger partial charge in [-0.2, -0.15) is 0 Å². The van der Waals surface area contributed by atoms with Crippen LogP contribution in [0, 0.1) is 0 Å². The summed E-state index contributed by atoms with van der Waals surface area (Å²) in [6.07, 6.45) is 27.2. The number of esters is 1. The molecule has 0 spiro atoms. The maximum atomic E-state index is 12.5. The second-order valence-electron chi connectivity index (χ2n) is 11.9. The Bertz CT molecular complexity index is 628.